The average molecular weight is 499 g/mol. The molecule has 6 nitrogen and oxygen atoms in total. The summed E-state index contributed by atoms with van der Waals surface area (Å²) in [5, 5.41) is 0.484. The summed E-state index contributed by atoms with van der Waals surface area (Å²) < 4.78 is 20.1. The number of rotatable bonds is 8. The Morgan fingerprint density at radius 1 is 1.06 bits per heavy atom. The second-order valence-electron chi connectivity index (χ2n) is 8.28. The summed E-state index contributed by atoms with van der Waals surface area (Å²) >= 11 is 5.98. The molecule has 1 heterocycles. The molecule has 3 aromatic rings. The molecule has 0 aliphatic rings. The van der Waals surface area contributed by atoms with Crippen molar-refractivity contribution in [2.45, 2.75) is 46.8 Å². The molecule has 1 aromatic heterocycles. The predicted octanol–water partition coefficient (Wildman–Crippen LogP) is 5.62. The maximum absolute atomic E-state index is 13.8. The Kier molecular flexibility index (Phi) is 8.12. The SMILES string of the molecule is CCn1c(C)c(C(=O)[C@H](C)N(Cc2ccc(F)cc2)C(=O)c2ccc(Cl)cc2)c(C)c1C(=O)OC. The van der Waals surface area contributed by atoms with Crippen LogP contribution >= 0.6 is 11.6 Å². The van der Waals surface area contributed by atoms with E-state index in [2.05, 4.69) is 0 Å². The standard InChI is InChI=1S/C27H28ClFN2O4/c1-6-30-17(3)23(16(2)24(30)27(34)35-5)25(32)18(4)31(15-19-7-13-22(29)14-8-19)26(33)20-9-11-21(28)12-10-20/h7-14,18H,6,15H2,1-5H3/t18-/m0/s1. The predicted molar refractivity (Wildman–Crippen MR) is 132 cm³/mol. The van der Waals surface area contributed by atoms with Crippen molar-refractivity contribution in [1.82, 2.24) is 9.47 Å². The normalized spacial score (nSPS) is 11.7. The second kappa shape index (κ2) is 10.9. The minimum atomic E-state index is -0.876. The molecular weight excluding hydrogens is 471 g/mol. The van der Waals surface area contributed by atoms with Gasteiger partial charge in [0.1, 0.15) is 11.5 Å². The number of amides is 1. The molecule has 0 bridgehead atoms. The minimum Gasteiger partial charge on any atom is -0.464 e. The molecule has 184 valence electrons. The smallest absolute Gasteiger partial charge is 0.354 e. The first-order valence-electron chi connectivity index (χ1n) is 11.2. The van der Waals surface area contributed by atoms with Crippen molar-refractivity contribution < 1.29 is 23.5 Å². The van der Waals surface area contributed by atoms with Crippen molar-refractivity contribution in [3.63, 3.8) is 0 Å². The zero-order valence-electron chi connectivity index (χ0n) is 20.4. The van der Waals surface area contributed by atoms with Gasteiger partial charge in [0, 0.05) is 34.9 Å². The summed E-state index contributed by atoms with van der Waals surface area (Å²) in [6.45, 7) is 7.57. The number of ketones is 1. The Morgan fingerprint density at radius 2 is 1.66 bits per heavy atom. The van der Waals surface area contributed by atoms with Crippen molar-refractivity contribution in [3.8, 4) is 0 Å². The Bertz CT molecular complexity index is 1250. The first-order valence-corrected chi connectivity index (χ1v) is 11.6. The Balaban J connectivity index is 2.06. The fourth-order valence-electron chi connectivity index (χ4n) is 4.29. The van der Waals surface area contributed by atoms with E-state index in [0.29, 0.717) is 45.2 Å². The molecular formula is C27H28ClFN2O4. The lowest BCUT2D eigenvalue weighted by atomic mass is 9.98. The van der Waals surface area contributed by atoms with Crippen molar-refractivity contribution in [1.29, 1.82) is 0 Å². The maximum Gasteiger partial charge on any atom is 0.354 e. The van der Waals surface area contributed by atoms with Gasteiger partial charge in [-0.2, -0.15) is 0 Å². The molecule has 0 saturated carbocycles. The van der Waals surface area contributed by atoms with Gasteiger partial charge in [0.2, 0.25) is 0 Å². The highest BCUT2D eigenvalue weighted by Gasteiger charge is 2.33. The lowest BCUT2D eigenvalue weighted by molar-refractivity contribution is 0.0586. The Morgan fingerprint density at radius 3 is 2.20 bits per heavy atom. The molecule has 1 atom stereocenters. The van der Waals surface area contributed by atoms with Crippen LogP contribution in [0.5, 0.6) is 0 Å². The highest BCUT2D eigenvalue weighted by atomic mass is 35.5. The van der Waals surface area contributed by atoms with E-state index in [1.54, 1.807) is 61.7 Å². The van der Waals surface area contributed by atoms with Gasteiger partial charge in [-0.15, -0.1) is 0 Å². The van der Waals surface area contributed by atoms with E-state index in [-0.39, 0.29) is 18.2 Å². The molecule has 0 saturated heterocycles. The molecule has 0 unspecified atom stereocenters. The molecule has 0 aliphatic carbocycles. The fourth-order valence-corrected chi connectivity index (χ4v) is 4.42. The van der Waals surface area contributed by atoms with Crippen LogP contribution in [0.3, 0.4) is 0 Å². The van der Waals surface area contributed by atoms with Gasteiger partial charge in [-0.1, -0.05) is 23.7 Å². The summed E-state index contributed by atoms with van der Waals surface area (Å²) in [5.74, 6) is -1.59. The minimum absolute atomic E-state index is 0.0884. The number of carbonyl (C=O) groups is 3. The maximum atomic E-state index is 13.8. The molecule has 1 amide bonds. The van der Waals surface area contributed by atoms with E-state index in [4.69, 9.17) is 16.3 Å². The fraction of sp³-hybridized carbons (Fsp3) is 0.296. The van der Waals surface area contributed by atoms with Gasteiger partial charge >= 0.3 is 5.97 Å². The molecule has 0 radical (unpaired) electrons. The van der Waals surface area contributed by atoms with Crippen LogP contribution in [0.1, 0.15) is 61.9 Å². The summed E-state index contributed by atoms with van der Waals surface area (Å²) in [6, 6.07) is 11.3. The van der Waals surface area contributed by atoms with Crippen LogP contribution in [0, 0.1) is 19.7 Å². The van der Waals surface area contributed by atoms with Gasteiger partial charge in [0.05, 0.1) is 13.2 Å². The molecule has 35 heavy (non-hydrogen) atoms. The van der Waals surface area contributed by atoms with E-state index in [1.165, 1.54) is 24.1 Å². The number of benzene rings is 2. The molecule has 8 heteroatoms. The number of aromatic nitrogens is 1. The van der Waals surface area contributed by atoms with Gasteiger partial charge in [0.15, 0.2) is 5.78 Å². The van der Waals surface area contributed by atoms with Crippen LogP contribution in [0.2, 0.25) is 5.02 Å². The Labute approximate surface area is 209 Å². The monoisotopic (exact) mass is 498 g/mol. The number of nitrogens with zero attached hydrogens (tertiary/aromatic N) is 2. The van der Waals surface area contributed by atoms with E-state index in [1.807, 2.05) is 6.92 Å². The van der Waals surface area contributed by atoms with Gasteiger partial charge in [-0.05, 0) is 75.2 Å². The van der Waals surface area contributed by atoms with E-state index in [0.717, 1.165) is 0 Å². The summed E-state index contributed by atoms with van der Waals surface area (Å²) in [7, 11) is 1.30. The molecule has 0 N–H and O–H groups in total. The van der Waals surface area contributed by atoms with Gasteiger partial charge in [-0.3, -0.25) is 9.59 Å². The highest BCUT2D eigenvalue weighted by molar-refractivity contribution is 6.30. The van der Waals surface area contributed by atoms with Crippen molar-refractivity contribution >= 4 is 29.3 Å². The number of ether oxygens (including phenoxy) is 1. The van der Waals surface area contributed by atoms with Crippen LogP contribution in [-0.2, 0) is 17.8 Å². The lowest BCUT2D eigenvalue weighted by Gasteiger charge is -2.29. The molecule has 0 aliphatic heterocycles. The topological polar surface area (TPSA) is 68.6 Å². The lowest BCUT2D eigenvalue weighted by Crippen LogP contribution is -2.43. The number of hydrogen-bond donors (Lipinski definition) is 0. The third kappa shape index (κ3) is 5.30. The first-order chi connectivity index (χ1) is 16.6. The van der Waals surface area contributed by atoms with E-state index >= 15 is 0 Å². The summed E-state index contributed by atoms with van der Waals surface area (Å²) in [5.41, 5.74) is 2.87. The zero-order chi connectivity index (χ0) is 25.9. The second-order valence-corrected chi connectivity index (χ2v) is 8.71. The number of halogens is 2. The average Bonchev–Trinajstić information content (AvgIpc) is 3.11. The molecule has 3 rings (SSSR count). The molecule has 2 aromatic carbocycles. The van der Waals surface area contributed by atoms with Crippen molar-refractivity contribution in [3.05, 3.63) is 93.0 Å². The quantitative estimate of drug-likeness (QED) is 0.298. The Hall–Kier alpha value is -3.45. The van der Waals surface area contributed by atoms with E-state index in [9.17, 15) is 18.8 Å². The van der Waals surface area contributed by atoms with Gasteiger partial charge in [-0.25, -0.2) is 9.18 Å². The molecule has 0 spiro atoms. The van der Waals surface area contributed by atoms with Crippen LogP contribution < -0.4 is 0 Å². The largest absolute Gasteiger partial charge is 0.464 e. The number of hydrogen-bond acceptors (Lipinski definition) is 4. The number of esters is 1. The third-order valence-corrected chi connectivity index (χ3v) is 6.43. The highest BCUT2D eigenvalue weighted by Crippen LogP contribution is 2.27. The first kappa shape index (κ1) is 26.2. The van der Waals surface area contributed by atoms with Crippen LogP contribution in [-0.4, -0.2) is 40.3 Å². The summed E-state index contributed by atoms with van der Waals surface area (Å²) in [4.78, 5) is 41.2. The number of carbonyl (C=O) groups excluding carboxylic acids is 3. The number of methoxy groups -OCH3 is 1. The third-order valence-electron chi connectivity index (χ3n) is 6.17. The van der Waals surface area contributed by atoms with Gasteiger partial charge in [0.25, 0.3) is 5.91 Å². The summed E-state index contributed by atoms with van der Waals surface area (Å²) in [6.07, 6.45) is 0. The van der Waals surface area contributed by atoms with Crippen molar-refractivity contribution in [2.75, 3.05) is 7.11 Å². The van der Waals surface area contributed by atoms with Crippen LogP contribution in [0.25, 0.3) is 0 Å². The van der Waals surface area contributed by atoms with Crippen LogP contribution in [0.15, 0.2) is 48.5 Å². The molecule has 0 fully saturated rings. The number of Topliss-reactive ketones (excluding diaryl/α,β-unsaturated/α-hetero) is 1. The van der Waals surface area contributed by atoms with Gasteiger partial charge < -0.3 is 14.2 Å². The van der Waals surface area contributed by atoms with Crippen LogP contribution in [0.4, 0.5) is 4.39 Å². The van der Waals surface area contributed by atoms with E-state index < -0.39 is 17.8 Å². The van der Waals surface area contributed by atoms with Crippen molar-refractivity contribution in [2.24, 2.45) is 0 Å². The zero-order valence-corrected chi connectivity index (χ0v) is 21.1.